The smallest absolute Gasteiger partial charge is 0.385 e. The normalized spacial score (nSPS) is 11.9. The van der Waals surface area contributed by atoms with Crippen LogP contribution in [0.4, 0.5) is 19.1 Å². The summed E-state index contributed by atoms with van der Waals surface area (Å²) >= 11 is 7.07. The first-order valence-corrected chi connectivity index (χ1v) is 11.9. The molecule has 0 saturated carbocycles. The van der Waals surface area contributed by atoms with Gasteiger partial charge in [0.2, 0.25) is 5.95 Å². The van der Waals surface area contributed by atoms with Crippen LogP contribution in [-0.2, 0) is 11.8 Å². The summed E-state index contributed by atoms with van der Waals surface area (Å²) in [5, 5.41) is 0.522. The number of hydrogen-bond acceptors (Lipinski definition) is 7. The van der Waals surface area contributed by atoms with E-state index < -0.39 is 23.7 Å². The Morgan fingerprint density at radius 3 is 2.41 bits per heavy atom. The summed E-state index contributed by atoms with van der Waals surface area (Å²) in [7, 11) is 5.44. The summed E-state index contributed by atoms with van der Waals surface area (Å²) < 4.78 is 46.6. The molecule has 0 spiro atoms. The van der Waals surface area contributed by atoms with Crippen molar-refractivity contribution in [3.05, 3.63) is 63.9 Å². The van der Waals surface area contributed by atoms with Gasteiger partial charge in [0.05, 0.1) is 22.2 Å². The number of thiophene rings is 1. The number of aryl methyl sites for hydroxylation is 1. The van der Waals surface area contributed by atoms with Crippen molar-refractivity contribution in [1.29, 1.82) is 0 Å². The van der Waals surface area contributed by atoms with Crippen LogP contribution in [0.3, 0.4) is 0 Å². The molecule has 0 unspecified atom stereocenters. The van der Waals surface area contributed by atoms with Gasteiger partial charge < -0.3 is 14.2 Å². The van der Waals surface area contributed by atoms with Crippen molar-refractivity contribution in [2.75, 3.05) is 19.0 Å². The fraction of sp³-hybridized carbons (Fsp3) is 0.167. The lowest BCUT2D eigenvalue weighted by Crippen LogP contribution is -2.31. The summed E-state index contributed by atoms with van der Waals surface area (Å²) in [5.74, 6) is -1.86. The highest BCUT2D eigenvalue weighted by Crippen LogP contribution is 2.34. The van der Waals surface area contributed by atoms with E-state index in [1.54, 1.807) is 41.3 Å². The summed E-state index contributed by atoms with van der Waals surface area (Å²) in [6, 6.07) is 12.3. The first kappa shape index (κ1) is 24.8. The SMILES string of the molecule is CN(C)c1nc2cc(-n3c(OC(=O)C(F)(F)F)nc4cc(-c5ccc(Cl)cc5)sc4c3=O)ccc2n1C. The molecule has 0 radical (unpaired) electrons. The van der Waals surface area contributed by atoms with Crippen molar-refractivity contribution < 1.29 is 22.7 Å². The topological polar surface area (TPSA) is 82.2 Å². The van der Waals surface area contributed by atoms with Gasteiger partial charge in [0.25, 0.3) is 5.56 Å². The van der Waals surface area contributed by atoms with Crippen LogP contribution in [0, 0.1) is 0 Å². The molecule has 0 N–H and O–H groups in total. The fourth-order valence-electron chi connectivity index (χ4n) is 3.87. The Hall–Kier alpha value is -3.90. The lowest BCUT2D eigenvalue weighted by Gasteiger charge is -2.13. The van der Waals surface area contributed by atoms with Gasteiger partial charge in [-0.3, -0.25) is 4.79 Å². The number of fused-ring (bicyclic) bond motifs is 2. The summed E-state index contributed by atoms with van der Waals surface area (Å²) in [6.07, 6.45) is -5.29. The van der Waals surface area contributed by atoms with E-state index in [-0.39, 0.29) is 15.9 Å². The Kier molecular flexibility index (Phi) is 5.95. The predicted molar refractivity (Wildman–Crippen MR) is 136 cm³/mol. The minimum Gasteiger partial charge on any atom is -0.385 e. The largest absolute Gasteiger partial charge is 0.491 e. The fourth-order valence-corrected chi connectivity index (χ4v) is 5.03. The molecule has 3 aromatic heterocycles. The van der Waals surface area contributed by atoms with Crippen LogP contribution in [0.15, 0.2) is 53.3 Å². The van der Waals surface area contributed by atoms with Gasteiger partial charge in [-0.15, -0.1) is 11.3 Å². The van der Waals surface area contributed by atoms with Gasteiger partial charge in [-0.05, 0) is 42.0 Å². The number of rotatable bonds is 4. The van der Waals surface area contributed by atoms with E-state index in [0.717, 1.165) is 27.0 Å². The van der Waals surface area contributed by atoms with Crippen molar-refractivity contribution in [2.45, 2.75) is 6.18 Å². The number of carbonyl (C=O) groups excluding carboxylic acids is 1. The van der Waals surface area contributed by atoms with Crippen molar-refractivity contribution in [1.82, 2.24) is 19.1 Å². The number of ether oxygens (including phenoxy) is 1. The van der Waals surface area contributed by atoms with Gasteiger partial charge in [-0.1, -0.05) is 23.7 Å². The Morgan fingerprint density at radius 1 is 1.05 bits per heavy atom. The molecule has 5 rings (SSSR count). The summed E-state index contributed by atoms with van der Waals surface area (Å²) in [5.41, 5.74) is 1.49. The standard InChI is InChI=1S/C24H17ClF3N5O3S/c1-31(2)22-29-15-10-14(8-9-17(15)32(22)3)33-20(34)19-16(30-23(33)36-21(35)24(26,27)28)11-18(37-19)12-4-6-13(25)7-5-12/h4-11H,1-3H3. The van der Waals surface area contributed by atoms with Gasteiger partial charge in [-0.25, -0.2) is 14.3 Å². The highest BCUT2D eigenvalue weighted by molar-refractivity contribution is 7.22. The molecular formula is C24H17ClF3N5O3S. The van der Waals surface area contributed by atoms with Gasteiger partial charge in [-0.2, -0.15) is 18.2 Å². The third kappa shape index (κ3) is 4.42. The van der Waals surface area contributed by atoms with Crippen LogP contribution in [0.25, 0.3) is 37.4 Å². The molecule has 5 aromatic rings. The lowest BCUT2D eigenvalue weighted by molar-refractivity contribution is -0.190. The molecule has 0 aliphatic carbocycles. The quantitative estimate of drug-likeness (QED) is 0.288. The second-order valence-electron chi connectivity index (χ2n) is 8.29. The van der Waals surface area contributed by atoms with E-state index in [2.05, 4.69) is 14.7 Å². The Morgan fingerprint density at radius 2 is 1.76 bits per heavy atom. The maximum Gasteiger partial charge on any atom is 0.491 e. The second-order valence-corrected chi connectivity index (χ2v) is 9.78. The van der Waals surface area contributed by atoms with Gasteiger partial charge in [0, 0.05) is 31.0 Å². The Labute approximate surface area is 216 Å². The number of hydrogen-bond donors (Lipinski definition) is 0. The number of nitrogens with zero attached hydrogens (tertiary/aromatic N) is 5. The summed E-state index contributed by atoms with van der Waals surface area (Å²) in [4.78, 5) is 36.4. The average molecular weight is 548 g/mol. The zero-order valence-corrected chi connectivity index (χ0v) is 21.1. The maximum atomic E-state index is 13.6. The highest BCUT2D eigenvalue weighted by Gasteiger charge is 2.42. The van der Waals surface area contributed by atoms with Crippen LogP contribution in [0.1, 0.15) is 0 Å². The molecule has 3 heterocycles. The van der Waals surface area contributed by atoms with E-state index in [1.165, 1.54) is 12.1 Å². The molecule has 13 heteroatoms. The first-order chi connectivity index (χ1) is 17.4. The molecule has 0 aliphatic rings. The zero-order chi connectivity index (χ0) is 26.6. The van der Waals surface area contributed by atoms with Crippen LogP contribution in [-0.4, -0.2) is 45.3 Å². The second kappa shape index (κ2) is 8.89. The number of carbonyl (C=O) groups is 1. The molecular weight excluding hydrogens is 531 g/mol. The third-order valence-corrected chi connectivity index (χ3v) is 6.97. The minimum absolute atomic E-state index is 0.0926. The molecule has 0 fully saturated rings. The molecule has 2 aromatic carbocycles. The predicted octanol–water partition coefficient (Wildman–Crippen LogP) is 5.19. The number of halogens is 4. The van der Waals surface area contributed by atoms with Crippen molar-refractivity contribution in [3.8, 4) is 22.1 Å². The number of anilines is 1. The van der Waals surface area contributed by atoms with E-state index in [9.17, 15) is 22.8 Å². The van der Waals surface area contributed by atoms with E-state index >= 15 is 0 Å². The molecule has 0 amide bonds. The van der Waals surface area contributed by atoms with Crippen LogP contribution in [0.5, 0.6) is 6.01 Å². The Bertz CT molecular complexity index is 1740. The number of aromatic nitrogens is 4. The summed E-state index contributed by atoms with van der Waals surface area (Å²) in [6.45, 7) is 0. The van der Waals surface area contributed by atoms with Crippen LogP contribution >= 0.6 is 22.9 Å². The molecule has 190 valence electrons. The van der Waals surface area contributed by atoms with Crippen molar-refractivity contribution in [3.63, 3.8) is 0 Å². The van der Waals surface area contributed by atoms with E-state index in [1.807, 2.05) is 25.7 Å². The number of esters is 1. The van der Waals surface area contributed by atoms with E-state index in [0.29, 0.717) is 21.4 Å². The zero-order valence-electron chi connectivity index (χ0n) is 19.5. The number of benzene rings is 2. The van der Waals surface area contributed by atoms with Crippen LogP contribution in [0.2, 0.25) is 5.02 Å². The van der Waals surface area contributed by atoms with E-state index in [4.69, 9.17) is 11.6 Å². The van der Waals surface area contributed by atoms with Crippen LogP contribution < -0.4 is 15.2 Å². The first-order valence-electron chi connectivity index (χ1n) is 10.7. The number of alkyl halides is 3. The van der Waals surface area contributed by atoms with Crippen molar-refractivity contribution in [2.24, 2.45) is 7.05 Å². The lowest BCUT2D eigenvalue weighted by atomic mass is 10.2. The third-order valence-electron chi connectivity index (χ3n) is 5.56. The average Bonchev–Trinajstić information content (AvgIpc) is 3.40. The van der Waals surface area contributed by atoms with Gasteiger partial charge >= 0.3 is 18.2 Å². The molecule has 0 atom stereocenters. The minimum atomic E-state index is -5.29. The molecule has 0 bridgehead atoms. The molecule has 8 nitrogen and oxygen atoms in total. The molecule has 0 aliphatic heterocycles. The molecule has 0 saturated heterocycles. The van der Waals surface area contributed by atoms with Gasteiger partial charge in [0.15, 0.2) is 0 Å². The number of imidazole rings is 1. The maximum absolute atomic E-state index is 13.6. The van der Waals surface area contributed by atoms with Crippen molar-refractivity contribution >= 4 is 56.1 Å². The highest BCUT2D eigenvalue weighted by atomic mass is 35.5. The molecule has 37 heavy (non-hydrogen) atoms. The monoisotopic (exact) mass is 547 g/mol. The van der Waals surface area contributed by atoms with Gasteiger partial charge in [0.1, 0.15) is 4.70 Å². The Balaban J connectivity index is 1.73.